The normalized spacial score (nSPS) is 31.5. The van der Waals surface area contributed by atoms with Gasteiger partial charge in [-0.15, -0.1) is 11.3 Å². The van der Waals surface area contributed by atoms with E-state index in [4.69, 9.17) is 5.11 Å². The molecule has 1 aromatic heterocycles. The largest absolute Gasteiger partial charge is 0.481 e. The molecule has 1 aromatic rings. The second-order valence-electron chi connectivity index (χ2n) is 5.90. The summed E-state index contributed by atoms with van der Waals surface area (Å²) < 4.78 is 0. The summed E-state index contributed by atoms with van der Waals surface area (Å²) in [6.07, 6.45) is 1.89. The van der Waals surface area contributed by atoms with Crippen molar-refractivity contribution in [2.75, 3.05) is 5.32 Å². The summed E-state index contributed by atoms with van der Waals surface area (Å²) >= 11 is 1.49. The molecule has 2 aliphatic rings. The van der Waals surface area contributed by atoms with Crippen molar-refractivity contribution >= 4 is 28.3 Å². The van der Waals surface area contributed by atoms with Gasteiger partial charge in [0.25, 0.3) is 0 Å². The minimum atomic E-state index is -0.755. The Morgan fingerprint density at radius 3 is 2.65 bits per heavy atom. The van der Waals surface area contributed by atoms with Crippen molar-refractivity contribution < 1.29 is 14.7 Å². The monoisotopic (exact) mass is 294 g/mol. The maximum Gasteiger partial charge on any atom is 0.306 e. The van der Waals surface area contributed by atoms with Crippen molar-refractivity contribution in [3.05, 3.63) is 10.6 Å². The lowest BCUT2D eigenvalue weighted by atomic mass is 9.91. The summed E-state index contributed by atoms with van der Waals surface area (Å²) in [6, 6.07) is 0. The van der Waals surface area contributed by atoms with Crippen LogP contribution in [0.2, 0.25) is 0 Å². The van der Waals surface area contributed by atoms with Crippen molar-refractivity contribution in [3.8, 4) is 0 Å². The number of anilines is 1. The molecule has 2 N–H and O–H groups in total. The zero-order chi connectivity index (χ0) is 14.4. The fourth-order valence-electron chi connectivity index (χ4n) is 2.97. The molecule has 0 aliphatic heterocycles. The Morgan fingerprint density at radius 1 is 1.35 bits per heavy atom. The zero-order valence-corrected chi connectivity index (χ0v) is 12.4. The third-order valence-electron chi connectivity index (χ3n) is 4.64. The molecule has 3 rings (SSSR count). The van der Waals surface area contributed by atoms with Gasteiger partial charge >= 0.3 is 5.97 Å². The van der Waals surface area contributed by atoms with Crippen LogP contribution in [0.3, 0.4) is 0 Å². The zero-order valence-electron chi connectivity index (χ0n) is 11.5. The summed E-state index contributed by atoms with van der Waals surface area (Å²) in [6.45, 7) is 4.17. The number of carbonyl (C=O) groups is 2. The lowest BCUT2D eigenvalue weighted by Gasteiger charge is -2.16. The van der Waals surface area contributed by atoms with Gasteiger partial charge in [-0.25, -0.2) is 4.98 Å². The quantitative estimate of drug-likeness (QED) is 0.895. The number of aryl methyl sites for hydroxylation is 1. The fraction of sp³-hybridized carbons (Fsp3) is 0.643. The van der Waals surface area contributed by atoms with Crippen molar-refractivity contribution in [3.63, 3.8) is 0 Å². The molecule has 1 heterocycles. The van der Waals surface area contributed by atoms with Crippen LogP contribution in [0, 0.1) is 23.7 Å². The van der Waals surface area contributed by atoms with Crippen LogP contribution in [0.15, 0.2) is 0 Å². The average Bonchev–Trinajstić information content (AvgIpc) is 2.83. The molecule has 5 nitrogen and oxygen atoms in total. The number of carbonyl (C=O) groups excluding carboxylic acids is 1. The molecule has 6 heteroatoms. The van der Waals surface area contributed by atoms with Crippen molar-refractivity contribution in [2.24, 2.45) is 23.7 Å². The smallest absolute Gasteiger partial charge is 0.306 e. The number of carboxylic acids is 1. The number of nitrogens with one attached hydrogen (secondary N) is 1. The predicted molar refractivity (Wildman–Crippen MR) is 75.7 cm³/mol. The first kappa shape index (κ1) is 13.5. The highest BCUT2D eigenvalue weighted by Crippen LogP contribution is 2.46. The van der Waals surface area contributed by atoms with Crippen LogP contribution in [0.1, 0.15) is 30.8 Å². The Bertz CT molecular complexity index is 561. The fourth-order valence-corrected chi connectivity index (χ4v) is 3.98. The molecule has 0 bridgehead atoms. The number of rotatable bonds is 3. The molecule has 0 radical (unpaired) electrons. The first-order valence-electron chi connectivity index (χ1n) is 6.99. The summed E-state index contributed by atoms with van der Waals surface area (Å²) in [7, 11) is 0. The van der Waals surface area contributed by atoms with E-state index in [1.165, 1.54) is 11.3 Å². The highest BCUT2D eigenvalue weighted by atomic mass is 32.1. The van der Waals surface area contributed by atoms with E-state index in [1.54, 1.807) is 0 Å². The van der Waals surface area contributed by atoms with Gasteiger partial charge in [-0.2, -0.15) is 0 Å². The van der Waals surface area contributed by atoms with Gasteiger partial charge in [-0.3, -0.25) is 9.59 Å². The lowest BCUT2D eigenvalue weighted by molar-refractivity contribution is -0.142. The number of hydrogen-bond donors (Lipinski definition) is 2. The molecule has 108 valence electrons. The minimum absolute atomic E-state index is 0.0471. The lowest BCUT2D eigenvalue weighted by Crippen LogP contribution is -2.21. The van der Waals surface area contributed by atoms with Gasteiger partial charge in [-0.1, -0.05) is 13.8 Å². The first-order valence-corrected chi connectivity index (χ1v) is 7.81. The third-order valence-corrected chi connectivity index (χ3v) is 5.71. The topological polar surface area (TPSA) is 79.3 Å². The molecule has 1 amide bonds. The highest BCUT2D eigenvalue weighted by Gasteiger charge is 2.48. The van der Waals surface area contributed by atoms with Crippen LogP contribution in [0.5, 0.6) is 0 Å². The van der Waals surface area contributed by atoms with E-state index >= 15 is 0 Å². The van der Waals surface area contributed by atoms with Gasteiger partial charge in [0.05, 0.1) is 11.6 Å². The van der Waals surface area contributed by atoms with Crippen LogP contribution < -0.4 is 5.32 Å². The van der Waals surface area contributed by atoms with E-state index in [0.29, 0.717) is 29.8 Å². The van der Waals surface area contributed by atoms with E-state index in [-0.39, 0.29) is 17.7 Å². The SMILES string of the molecule is C[C@@H]1C(C(=O)Nc2nc3c(s2)CCC(C(=O)O)C3)[C@@H]1C. The Hall–Kier alpha value is -1.43. The Morgan fingerprint density at radius 2 is 2.05 bits per heavy atom. The molecule has 0 saturated heterocycles. The van der Waals surface area contributed by atoms with Crippen LogP contribution in [0.4, 0.5) is 5.13 Å². The van der Waals surface area contributed by atoms with Gasteiger partial charge < -0.3 is 10.4 Å². The standard InChI is InChI=1S/C14H18N2O3S/c1-6-7(2)11(6)12(17)16-14-15-9-5-8(13(18)19)3-4-10(9)20-14/h6-8,11H,3-5H2,1-2H3,(H,18,19)(H,15,16,17)/t6-,7+,8?,11?. The molecule has 20 heavy (non-hydrogen) atoms. The second kappa shape index (κ2) is 4.84. The van der Waals surface area contributed by atoms with Crippen LogP contribution >= 0.6 is 11.3 Å². The summed E-state index contributed by atoms with van der Waals surface area (Å²) in [5, 5.41) is 12.6. The molecule has 0 spiro atoms. The van der Waals surface area contributed by atoms with Gasteiger partial charge in [0, 0.05) is 17.2 Å². The van der Waals surface area contributed by atoms with E-state index < -0.39 is 5.97 Å². The number of thiazole rings is 1. The van der Waals surface area contributed by atoms with Crippen LogP contribution in [-0.2, 0) is 22.4 Å². The third kappa shape index (κ3) is 2.32. The molecule has 1 saturated carbocycles. The first-order chi connectivity index (χ1) is 9.47. The Kier molecular flexibility index (Phi) is 3.28. The van der Waals surface area contributed by atoms with E-state index in [1.807, 2.05) is 0 Å². The summed E-state index contributed by atoms with van der Waals surface area (Å²) in [5.41, 5.74) is 0.848. The molecule has 2 unspecified atom stereocenters. The number of carboxylic acid groups (broad SMARTS) is 1. The molecule has 2 aliphatic carbocycles. The Labute approximate surface area is 121 Å². The number of fused-ring (bicyclic) bond motifs is 1. The maximum atomic E-state index is 12.0. The van der Waals surface area contributed by atoms with Crippen molar-refractivity contribution in [2.45, 2.75) is 33.1 Å². The number of aliphatic carboxylic acids is 1. The maximum absolute atomic E-state index is 12.0. The molecular weight excluding hydrogens is 276 g/mol. The number of nitrogens with zero attached hydrogens (tertiary/aromatic N) is 1. The molecule has 0 aromatic carbocycles. The minimum Gasteiger partial charge on any atom is -0.481 e. The summed E-state index contributed by atoms with van der Waals surface area (Å²) in [5.74, 6) is -0.0537. The average molecular weight is 294 g/mol. The van der Waals surface area contributed by atoms with Gasteiger partial charge in [-0.05, 0) is 24.7 Å². The van der Waals surface area contributed by atoms with Crippen molar-refractivity contribution in [1.29, 1.82) is 0 Å². The highest BCUT2D eigenvalue weighted by molar-refractivity contribution is 7.15. The van der Waals surface area contributed by atoms with Crippen LogP contribution in [0.25, 0.3) is 0 Å². The number of hydrogen-bond acceptors (Lipinski definition) is 4. The van der Waals surface area contributed by atoms with Crippen molar-refractivity contribution in [1.82, 2.24) is 4.98 Å². The van der Waals surface area contributed by atoms with E-state index in [0.717, 1.165) is 17.0 Å². The van der Waals surface area contributed by atoms with Crippen LogP contribution in [-0.4, -0.2) is 22.0 Å². The van der Waals surface area contributed by atoms with E-state index in [9.17, 15) is 9.59 Å². The number of aromatic nitrogens is 1. The molecule has 4 atom stereocenters. The second-order valence-corrected chi connectivity index (χ2v) is 6.98. The Balaban J connectivity index is 1.68. The van der Waals surface area contributed by atoms with Gasteiger partial charge in [0.1, 0.15) is 0 Å². The van der Waals surface area contributed by atoms with Gasteiger partial charge in [0.15, 0.2) is 5.13 Å². The van der Waals surface area contributed by atoms with Gasteiger partial charge in [0.2, 0.25) is 5.91 Å². The van der Waals surface area contributed by atoms with E-state index in [2.05, 4.69) is 24.1 Å². The molecule has 1 fully saturated rings. The number of amides is 1. The summed E-state index contributed by atoms with van der Waals surface area (Å²) in [4.78, 5) is 28.6. The predicted octanol–water partition coefficient (Wildman–Crippen LogP) is 2.17. The molecular formula is C14H18N2O3S.